The van der Waals surface area contributed by atoms with Crippen LogP contribution in [0, 0.1) is 11.3 Å². The van der Waals surface area contributed by atoms with Gasteiger partial charge in [0.25, 0.3) is 5.91 Å². The van der Waals surface area contributed by atoms with E-state index in [2.05, 4.69) is 51.5 Å². The first-order valence-corrected chi connectivity index (χ1v) is 11.5. The number of benzene rings is 2. The lowest BCUT2D eigenvalue weighted by atomic mass is 10.0. The van der Waals surface area contributed by atoms with Crippen LogP contribution in [0.3, 0.4) is 0 Å². The summed E-state index contributed by atoms with van der Waals surface area (Å²) in [5.74, 6) is 0.112. The number of rotatable bonds is 5. The topological polar surface area (TPSA) is 85.1 Å². The Morgan fingerprint density at radius 1 is 1.03 bits per heavy atom. The molecule has 2 aromatic heterocycles. The molecule has 5 rings (SSSR count). The largest absolute Gasteiger partial charge is 0.383 e. The molecule has 1 saturated heterocycles. The summed E-state index contributed by atoms with van der Waals surface area (Å²) in [5.41, 5.74) is 4.68. The summed E-state index contributed by atoms with van der Waals surface area (Å²) in [4.78, 5) is 25.8. The fourth-order valence-corrected chi connectivity index (χ4v) is 4.35. The molecular formula is C27H26N6O. The van der Waals surface area contributed by atoms with Crippen LogP contribution in [0.15, 0.2) is 60.8 Å². The van der Waals surface area contributed by atoms with Gasteiger partial charge in [-0.2, -0.15) is 5.26 Å². The molecule has 0 spiro atoms. The second kappa shape index (κ2) is 9.46. The maximum absolute atomic E-state index is 12.9. The molecule has 0 aliphatic carbocycles. The predicted octanol–water partition coefficient (Wildman–Crippen LogP) is 3.70. The maximum Gasteiger partial charge on any atom is 0.253 e. The van der Waals surface area contributed by atoms with Gasteiger partial charge in [0.2, 0.25) is 0 Å². The van der Waals surface area contributed by atoms with E-state index in [1.807, 2.05) is 35.2 Å². The first kappa shape index (κ1) is 21.8. The lowest BCUT2D eigenvalue weighted by molar-refractivity contribution is 0.0664. The monoisotopic (exact) mass is 450 g/mol. The maximum atomic E-state index is 12.9. The van der Waals surface area contributed by atoms with Gasteiger partial charge in [0, 0.05) is 44.5 Å². The standard InChI is InChI=1S/C27H26N6O/c1-32-12-14-33(15-13-32)27(34)22-5-4-20-16-19(2-3-21(20)17-22)8-10-29-25-9-11-30-24-7-6-23(18-28)31-26(24)25/h2-7,9,11,16-17H,8,10,12-15H2,1H3,(H,29,30). The number of nitrogens with one attached hydrogen (secondary N) is 1. The quantitative estimate of drug-likeness (QED) is 0.499. The van der Waals surface area contributed by atoms with Crippen molar-refractivity contribution in [3.8, 4) is 6.07 Å². The minimum absolute atomic E-state index is 0.112. The predicted molar refractivity (Wildman–Crippen MR) is 134 cm³/mol. The van der Waals surface area contributed by atoms with E-state index in [4.69, 9.17) is 5.26 Å². The zero-order valence-corrected chi connectivity index (χ0v) is 19.2. The minimum Gasteiger partial charge on any atom is -0.383 e. The van der Waals surface area contributed by atoms with Crippen molar-refractivity contribution < 1.29 is 4.79 Å². The average Bonchev–Trinajstić information content (AvgIpc) is 2.88. The van der Waals surface area contributed by atoms with Crippen molar-refractivity contribution in [2.45, 2.75) is 6.42 Å². The van der Waals surface area contributed by atoms with Gasteiger partial charge in [0.15, 0.2) is 0 Å². The zero-order valence-electron chi connectivity index (χ0n) is 19.2. The molecule has 170 valence electrons. The lowest BCUT2D eigenvalue weighted by Gasteiger charge is -2.32. The molecule has 1 amide bonds. The number of anilines is 1. The molecule has 0 saturated carbocycles. The van der Waals surface area contributed by atoms with Gasteiger partial charge in [0.1, 0.15) is 17.3 Å². The molecule has 7 heteroatoms. The molecule has 1 fully saturated rings. The second-order valence-electron chi connectivity index (χ2n) is 8.70. The third-order valence-corrected chi connectivity index (χ3v) is 6.37. The molecule has 0 bridgehead atoms. The number of piperazine rings is 1. The van der Waals surface area contributed by atoms with E-state index in [0.717, 1.165) is 66.7 Å². The van der Waals surface area contributed by atoms with Crippen molar-refractivity contribution in [3.63, 3.8) is 0 Å². The Hall–Kier alpha value is -4.02. The Morgan fingerprint density at radius 2 is 1.82 bits per heavy atom. The van der Waals surface area contributed by atoms with Crippen LogP contribution in [0.1, 0.15) is 21.6 Å². The molecule has 1 aliphatic heterocycles. The van der Waals surface area contributed by atoms with Crippen molar-refractivity contribution >= 4 is 33.4 Å². The Balaban J connectivity index is 1.26. The normalized spacial score (nSPS) is 14.3. The highest BCUT2D eigenvalue weighted by Gasteiger charge is 2.20. The minimum atomic E-state index is 0.112. The zero-order chi connectivity index (χ0) is 23.5. The number of nitriles is 1. The molecule has 4 aromatic rings. The van der Waals surface area contributed by atoms with Gasteiger partial charge in [0.05, 0.1) is 11.2 Å². The van der Waals surface area contributed by atoms with Gasteiger partial charge in [-0.15, -0.1) is 0 Å². The Kier molecular flexibility index (Phi) is 6.07. The molecule has 0 unspecified atom stereocenters. The van der Waals surface area contributed by atoms with Gasteiger partial charge >= 0.3 is 0 Å². The van der Waals surface area contributed by atoms with Crippen LogP contribution in [0.5, 0.6) is 0 Å². The SMILES string of the molecule is CN1CCN(C(=O)c2ccc3cc(CCNc4ccnc5ccc(C#N)nc45)ccc3c2)CC1. The summed E-state index contributed by atoms with van der Waals surface area (Å²) < 4.78 is 0. The highest BCUT2D eigenvalue weighted by Crippen LogP contribution is 2.22. The van der Waals surface area contributed by atoms with Crippen LogP contribution in [0.25, 0.3) is 21.8 Å². The van der Waals surface area contributed by atoms with Crippen molar-refractivity contribution in [1.29, 1.82) is 5.26 Å². The summed E-state index contributed by atoms with van der Waals surface area (Å²) in [7, 11) is 2.09. The smallest absolute Gasteiger partial charge is 0.253 e. The average molecular weight is 451 g/mol. The van der Waals surface area contributed by atoms with Crippen LogP contribution in [0.4, 0.5) is 5.69 Å². The molecular weight excluding hydrogens is 424 g/mol. The van der Waals surface area contributed by atoms with Gasteiger partial charge < -0.3 is 15.1 Å². The number of nitrogens with zero attached hydrogens (tertiary/aromatic N) is 5. The van der Waals surface area contributed by atoms with E-state index in [9.17, 15) is 4.79 Å². The number of likely N-dealkylation sites (N-methyl/N-ethyl adjacent to an activating group) is 1. The van der Waals surface area contributed by atoms with Crippen LogP contribution in [0.2, 0.25) is 0 Å². The Morgan fingerprint density at radius 3 is 2.65 bits per heavy atom. The van der Waals surface area contributed by atoms with Crippen LogP contribution in [-0.4, -0.2) is 65.4 Å². The van der Waals surface area contributed by atoms with E-state index < -0.39 is 0 Å². The first-order valence-electron chi connectivity index (χ1n) is 11.5. The van der Waals surface area contributed by atoms with Crippen molar-refractivity contribution in [1.82, 2.24) is 19.8 Å². The number of carbonyl (C=O) groups excluding carboxylic acids is 1. The first-order chi connectivity index (χ1) is 16.6. The van der Waals surface area contributed by atoms with E-state index in [0.29, 0.717) is 11.2 Å². The number of fused-ring (bicyclic) bond motifs is 2. The molecule has 3 heterocycles. The van der Waals surface area contributed by atoms with Gasteiger partial charge in [-0.25, -0.2) is 4.98 Å². The second-order valence-corrected chi connectivity index (χ2v) is 8.70. The number of carbonyl (C=O) groups is 1. The van der Waals surface area contributed by atoms with E-state index in [1.54, 1.807) is 12.3 Å². The van der Waals surface area contributed by atoms with E-state index >= 15 is 0 Å². The van der Waals surface area contributed by atoms with Crippen LogP contribution >= 0.6 is 0 Å². The number of amides is 1. The van der Waals surface area contributed by atoms with Crippen molar-refractivity contribution in [2.75, 3.05) is 45.1 Å². The van der Waals surface area contributed by atoms with Gasteiger partial charge in [-0.1, -0.05) is 24.3 Å². The summed E-state index contributed by atoms with van der Waals surface area (Å²) in [6.07, 6.45) is 2.58. The van der Waals surface area contributed by atoms with E-state index in [-0.39, 0.29) is 5.91 Å². The summed E-state index contributed by atoms with van der Waals surface area (Å²) in [6, 6.07) is 19.8. The molecule has 0 atom stereocenters. The number of pyridine rings is 2. The van der Waals surface area contributed by atoms with Crippen LogP contribution < -0.4 is 5.32 Å². The van der Waals surface area contributed by atoms with E-state index in [1.165, 1.54) is 5.56 Å². The summed E-state index contributed by atoms with van der Waals surface area (Å²) >= 11 is 0. The Bertz CT molecular complexity index is 1400. The lowest BCUT2D eigenvalue weighted by Crippen LogP contribution is -2.47. The van der Waals surface area contributed by atoms with Crippen molar-refractivity contribution in [2.24, 2.45) is 0 Å². The fraction of sp³-hybridized carbons (Fsp3) is 0.259. The highest BCUT2D eigenvalue weighted by molar-refractivity contribution is 5.98. The Labute approximate surface area is 198 Å². The van der Waals surface area contributed by atoms with Gasteiger partial charge in [-0.05, 0) is 60.1 Å². The third-order valence-electron chi connectivity index (χ3n) is 6.37. The highest BCUT2D eigenvalue weighted by atomic mass is 16.2. The van der Waals surface area contributed by atoms with Crippen LogP contribution in [-0.2, 0) is 6.42 Å². The molecule has 1 N–H and O–H groups in total. The summed E-state index contributed by atoms with van der Waals surface area (Å²) in [5, 5.41) is 14.8. The van der Waals surface area contributed by atoms with Crippen molar-refractivity contribution in [3.05, 3.63) is 77.6 Å². The summed E-state index contributed by atoms with van der Waals surface area (Å²) in [6.45, 7) is 4.12. The third kappa shape index (κ3) is 4.54. The number of hydrogen-bond donors (Lipinski definition) is 1. The molecule has 34 heavy (non-hydrogen) atoms. The number of hydrogen-bond acceptors (Lipinski definition) is 6. The molecule has 2 aromatic carbocycles. The number of aromatic nitrogens is 2. The molecule has 7 nitrogen and oxygen atoms in total. The molecule has 0 radical (unpaired) electrons. The fourth-order valence-electron chi connectivity index (χ4n) is 4.35. The molecule has 1 aliphatic rings. The van der Waals surface area contributed by atoms with Gasteiger partial charge in [-0.3, -0.25) is 9.78 Å².